The zero-order valence-electron chi connectivity index (χ0n) is 14.8. The SMILES string of the molecule is CCOc1cnc(NC(=O)OC)cc1Nc1cc(C)nc(C(C)(F)F)n1. The van der Waals surface area contributed by atoms with Gasteiger partial charge in [0.15, 0.2) is 5.75 Å². The maximum Gasteiger partial charge on any atom is 0.412 e. The summed E-state index contributed by atoms with van der Waals surface area (Å²) in [7, 11) is 1.22. The molecule has 0 saturated carbocycles. The van der Waals surface area contributed by atoms with Gasteiger partial charge in [-0.25, -0.2) is 19.7 Å². The molecule has 2 aromatic heterocycles. The van der Waals surface area contributed by atoms with E-state index in [9.17, 15) is 13.6 Å². The van der Waals surface area contributed by atoms with Crippen molar-refractivity contribution in [1.82, 2.24) is 15.0 Å². The fourth-order valence-corrected chi connectivity index (χ4v) is 2.00. The minimum Gasteiger partial charge on any atom is -0.490 e. The molecular weight excluding hydrogens is 348 g/mol. The van der Waals surface area contributed by atoms with Gasteiger partial charge in [-0.3, -0.25) is 5.32 Å². The van der Waals surface area contributed by atoms with Gasteiger partial charge in [-0.15, -0.1) is 0 Å². The Morgan fingerprint density at radius 3 is 2.62 bits per heavy atom. The van der Waals surface area contributed by atoms with Crippen LogP contribution in [0.4, 0.5) is 30.9 Å². The zero-order valence-corrected chi connectivity index (χ0v) is 14.8. The van der Waals surface area contributed by atoms with Crippen LogP contribution >= 0.6 is 0 Å². The van der Waals surface area contributed by atoms with Crippen LogP contribution in [-0.2, 0) is 10.7 Å². The highest BCUT2D eigenvalue weighted by molar-refractivity contribution is 5.84. The van der Waals surface area contributed by atoms with Gasteiger partial charge in [0.1, 0.15) is 11.6 Å². The maximum absolute atomic E-state index is 13.6. The number of hydrogen-bond acceptors (Lipinski definition) is 7. The van der Waals surface area contributed by atoms with E-state index in [-0.39, 0.29) is 11.6 Å². The normalized spacial score (nSPS) is 11.0. The van der Waals surface area contributed by atoms with Gasteiger partial charge < -0.3 is 14.8 Å². The average molecular weight is 367 g/mol. The molecule has 2 aromatic rings. The molecule has 8 nitrogen and oxygen atoms in total. The van der Waals surface area contributed by atoms with E-state index >= 15 is 0 Å². The fourth-order valence-electron chi connectivity index (χ4n) is 2.00. The molecule has 1 amide bonds. The summed E-state index contributed by atoms with van der Waals surface area (Å²) >= 11 is 0. The van der Waals surface area contributed by atoms with Gasteiger partial charge in [-0.05, 0) is 13.8 Å². The van der Waals surface area contributed by atoms with E-state index < -0.39 is 17.8 Å². The standard InChI is InChI=1S/C16H19F2N5O3/c1-5-26-11-8-19-12(23-15(24)25-4)7-10(11)21-13-6-9(2)20-14(22-13)16(3,17)18/h6-8H,5H2,1-4H3,(H2,19,20,21,22,23,24). The molecule has 26 heavy (non-hydrogen) atoms. The Kier molecular flexibility index (Phi) is 5.86. The van der Waals surface area contributed by atoms with Crippen LogP contribution in [0, 0.1) is 6.92 Å². The number of halogens is 2. The van der Waals surface area contributed by atoms with Gasteiger partial charge in [0.25, 0.3) is 0 Å². The van der Waals surface area contributed by atoms with E-state index in [1.807, 2.05) is 0 Å². The Bertz CT molecular complexity index is 796. The molecule has 0 aliphatic carbocycles. The number of aryl methyl sites for hydroxylation is 1. The maximum atomic E-state index is 13.6. The number of amides is 1. The number of ether oxygens (including phenoxy) is 2. The molecule has 0 aliphatic rings. The van der Waals surface area contributed by atoms with Crippen molar-refractivity contribution in [3.8, 4) is 5.75 Å². The highest BCUT2D eigenvalue weighted by atomic mass is 19.3. The highest BCUT2D eigenvalue weighted by Crippen LogP contribution is 2.30. The molecule has 2 rings (SSSR count). The summed E-state index contributed by atoms with van der Waals surface area (Å²) in [6.07, 6.45) is 0.693. The van der Waals surface area contributed by atoms with Crippen molar-refractivity contribution < 1.29 is 23.0 Å². The Labute approximate surface area is 149 Å². The summed E-state index contributed by atoms with van der Waals surface area (Å²) in [5.74, 6) is -3.06. The van der Waals surface area contributed by atoms with E-state index in [1.54, 1.807) is 13.8 Å². The van der Waals surface area contributed by atoms with Crippen molar-refractivity contribution >= 4 is 23.4 Å². The number of methoxy groups -OCH3 is 1. The topological polar surface area (TPSA) is 98.3 Å². The third-order valence-corrected chi connectivity index (χ3v) is 3.09. The van der Waals surface area contributed by atoms with Crippen LogP contribution in [0.1, 0.15) is 25.4 Å². The van der Waals surface area contributed by atoms with Crippen LogP contribution in [0.2, 0.25) is 0 Å². The number of pyridine rings is 1. The number of hydrogen-bond donors (Lipinski definition) is 2. The molecule has 0 aromatic carbocycles. The molecule has 0 spiro atoms. The lowest BCUT2D eigenvalue weighted by atomic mass is 10.3. The van der Waals surface area contributed by atoms with Gasteiger partial charge >= 0.3 is 12.0 Å². The molecule has 0 aliphatic heterocycles. The predicted molar refractivity (Wildman–Crippen MR) is 91.1 cm³/mol. The first-order valence-corrected chi connectivity index (χ1v) is 7.71. The minimum atomic E-state index is -3.18. The van der Waals surface area contributed by atoms with Crippen molar-refractivity contribution in [2.24, 2.45) is 0 Å². The van der Waals surface area contributed by atoms with E-state index in [0.717, 1.165) is 6.92 Å². The lowest BCUT2D eigenvalue weighted by Gasteiger charge is -2.15. The summed E-state index contributed by atoms with van der Waals surface area (Å²) in [4.78, 5) is 23.0. The Morgan fingerprint density at radius 2 is 2.00 bits per heavy atom. The predicted octanol–water partition coefficient (Wildman–Crippen LogP) is 3.61. The molecule has 0 atom stereocenters. The number of carbonyl (C=O) groups is 1. The Hall–Kier alpha value is -3.04. The van der Waals surface area contributed by atoms with Crippen molar-refractivity contribution in [3.63, 3.8) is 0 Å². The quantitative estimate of drug-likeness (QED) is 0.805. The second-order valence-corrected chi connectivity index (χ2v) is 5.35. The zero-order chi connectivity index (χ0) is 19.3. The van der Waals surface area contributed by atoms with Crippen LogP contribution in [0.25, 0.3) is 0 Å². The highest BCUT2D eigenvalue weighted by Gasteiger charge is 2.29. The summed E-state index contributed by atoms with van der Waals surface area (Å²) in [5.41, 5.74) is 0.760. The number of alkyl halides is 2. The van der Waals surface area contributed by atoms with Crippen LogP contribution in [-0.4, -0.2) is 34.8 Å². The lowest BCUT2D eigenvalue weighted by molar-refractivity contribution is 0.00766. The Balaban J connectivity index is 2.38. The van der Waals surface area contributed by atoms with Gasteiger partial charge in [-0.2, -0.15) is 8.78 Å². The first-order valence-electron chi connectivity index (χ1n) is 7.71. The molecule has 0 bridgehead atoms. The monoisotopic (exact) mass is 367 g/mol. The molecule has 0 saturated heterocycles. The van der Waals surface area contributed by atoms with Crippen molar-refractivity contribution in [2.75, 3.05) is 24.4 Å². The summed E-state index contributed by atoms with van der Waals surface area (Å²) < 4.78 is 37.1. The molecule has 0 fully saturated rings. The van der Waals surface area contributed by atoms with Crippen molar-refractivity contribution in [2.45, 2.75) is 26.7 Å². The Morgan fingerprint density at radius 1 is 1.27 bits per heavy atom. The van der Waals surface area contributed by atoms with E-state index in [4.69, 9.17) is 4.74 Å². The molecule has 10 heteroatoms. The smallest absolute Gasteiger partial charge is 0.412 e. The first kappa shape index (κ1) is 19.3. The molecule has 2 N–H and O–H groups in total. The summed E-state index contributed by atoms with van der Waals surface area (Å²) in [6.45, 7) is 4.46. The van der Waals surface area contributed by atoms with Crippen molar-refractivity contribution in [3.05, 3.63) is 29.8 Å². The van der Waals surface area contributed by atoms with E-state index in [1.165, 1.54) is 25.4 Å². The van der Waals surface area contributed by atoms with Gasteiger partial charge in [-0.1, -0.05) is 0 Å². The van der Waals surface area contributed by atoms with Crippen LogP contribution in [0.5, 0.6) is 5.75 Å². The molecular formula is C16H19F2N5O3. The second-order valence-electron chi connectivity index (χ2n) is 5.35. The lowest BCUT2D eigenvalue weighted by Crippen LogP contribution is -2.15. The van der Waals surface area contributed by atoms with Gasteiger partial charge in [0.2, 0.25) is 5.82 Å². The van der Waals surface area contributed by atoms with Crippen LogP contribution < -0.4 is 15.4 Å². The number of nitrogens with one attached hydrogen (secondary N) is 2. The number of nitrogens with zero attached hydrogens (tertiary/aromatic N) is 3. The van der Waals surface area contributed by atoms with E-state index in [2.05, 4.69) is 30.3 Å². The first-order chi connectivity index (χ1) is 12.2. The number of rotatable bonds is 6. The number of aromatic nitrogens is 3. The molecule has 0 radical (unpaired) electrons. The molecule has 0 unspecified atom stereocenters. The fraction of sp³-hybridized carbons (Fsp3) is 0.375. The largest absolute Gasteiger partial charge is 0.490 e. The molecule has 140 valence electrons. The van der Waals surface area contributed by atoms with Crippen LogP contribution in [0.15, 0.2) is 18.3 Å². The second kappa shape index (κ2) is 7.89. The number of anilines is 3. The third-order valence-electron chi connectivity index (χ3n) is 3.09. The van der Waals surface area contributed by atoms with E-state index in [0.29, 0.717) is 23.7 Å². The third kappa shape index (κ3) is 4.98. The average Bonchev–Trinajstić information content (AvgIpc) is 2.56. The number of carbonyl (C=O) groups excluding carboxylic acids is 1. The minimum absolute atomic E-state index is 0.158. The van der Waals surface area contributed by atoms with Crippen molar-refractivity contribution in [1.29, 1.82) is 0 Å². The summed E-state index contributed by atoms with van der Waals surface area (Å²) in [6, 6.07) is 2.99. The van der Waals surface area contributed by atoms with Gasteiger partial charge in [0.05, 0.1) is 25.6 Å². The van der Waals surface area contributed by atoms with Crippen LogP contribution in [0.3, 0.4) is 0 Å². The summed E-state index contributed by atoms with van der Waals surface area (Å²) in [5, 5.41) is 5.31. The molecule has 2 heterocycles. The van der Waals surface area contributed by atoms with Gasteiger partial charge in [0, 0.05) is 24.8 Å².